The van der Waals surface area contributed by atoms with Gasteiger partial charge in [0.05, 0.1) is 0 Å². The molecule has 0 fully saturated rings. The quantitative estimate of drug-likeness (QED) is 0.746. The Kier molecular flexibility index (Phi) is 7.10. The van der Waals surface area contributed by atoms with Crippen molar-refractivity contribution >= 4 is 17.2 Å². The molecule has 0 atom stereocenters. The largest absolute Gasteiger partial charge is 0.388 e. The molecular formula is C16H27N3S. The summed E-state index contributed by atoms with van der Waals surface area (Å²) >= 11 is 5.11. The lowest BCUT2D eigenvalue weighted by molar-refractivity contribution is 0.157. The molecule has 0 spiro atoms. The summed E-state index contributed by atoms with van der Waals surface area (Å²) in [5.74, 6) is 0.639. The zero-order chi connectivity index (χ0) is 15.1. The smallest absolute Gasteiger partial charge is 0.123 e. The van der Waals surface area contributed by atoms with Gasteiger partial charge in [-0.25, -0.2) is 0 Å². The summed E-state index contributed by atoms with van der Waals surface area (Å²) in [6, 6.07) is 4.63. The van der Waals surface area contributed by atoms with Gasteiger partial charge in [-0.2, -0.15) is 0 Å². The Morgan fingerprint density at radius 2 is 2.00 bits per heavy atom. The van der Waals surface area contributed by atoms with E-state index in [0.717, 1.165) is 37.2 Å². The van der Waals surface area contributed by atoms with E-state index >= 15 is 0 Å². The summed E-state index contributed by atoms with van der Waals surface area (Å²) in [6.45, 7) is 11.0. The standard InChI is InChI=1S/C16H27N3S/c1-5-14(6-2)19(10-12(3)4)11-13-8-7-9-18-15(13)16(17)20/h7-9,12,14H,5-6,10-11H2,1-4H3,(H2,17,20). The van der Waals surface area contributed by atoms with Gasteiger partial charge in [0.15, 0.2) is 0 Å². The maximum atomic E-state index is 5.78. The minimum Gasteiger partial charge on any atom is -0.388 e. The van der Waals surface area contributed by atoms with E-state index in [2.05, 4.69) is 43.6 Å². The second-order valence-electron chi connectivity index (χ2n) is 5.67. The van der Waals surface area contributed by atoms with E-state index in [1.165, 1.54) is 0 Å². The summed E-state index contributed by atoms with van der Waals surface area (Å²) in [6.07, 6.45) is 4.07. The molecule has 0 bridgehead atoms. The highest BCUT2D eigenvalue weighted by molar-refractivity contribution is 7.80. The minimum atomic E-state index is 0.384. The Morgan fingerprint density at radius 1 is 1.35 bits per heavy atom. The molecular weight excluding hydrogens is 266 g/mol. The molecule has 0 saturated heterocycles. The van der Waals surface area contributed by atoms with Crippen molar-refractivity contribution in [3.05, 3.63) is 29.6 Å². The van der Waals surface area contributed by atoms with Crippen LogP contribution in [0.3, 0.4) is 0 Å². The van der Waals surface area contributed by atoms with Gasteiger partial charge in [0.25, 0.3) is 0 Å². The molecule has 4 heteroatoms. The van der Waals surface area contributed by atoms with Crippen LogP contribution in [-0.4, -0.2) is 27.5 Å². The highest BCUT2D eigenvalue weighted by atomic mass is 32.1. The van der Waals surface area contributed by atoms with Crippen LogP contribution in [0.5, 0.6) is 0 Å². The van der Waals surface area contributed by atoms with Gasteiger partial charge in [-0.05, 0) is 30.4 Å². The van der Waals surface area contributed by atoms with Crippen molar-refractivity contribution in [2.24, 2.45) is 11.7 Å². The number of rotatable bonds is 8. The van der Waals surface area contributed by atoms with Gasteiger partial charge in [0.1, 0.15) is 10.7 Å². The molecule has 0 saturated carbocycles. The van der Waals surface area contributed by atoms with E-state index < -0.39 is 0 Å². The summed E-state index contributed by atoms with van der Waals surface area (Å²) in [7, 11) is 0. The van der Waals surface area contributed by atoms with E-state index in [0.29, 0.717) is 16.9 Å². The monoisotopic (exact) mass is 293 g/mol. The highest BCUT2D eigenvalue weighted by Gasteiger charge is 2.18. The van der Waals surface area contributed by atoms with Crippen LogP contribution in [0.2, 0.25) is 0 Å². The zero-order valence-corrected chi connectivity index (χ0v) is 13.9. The molecule has 0 aromatic carbocycles. The van der Waals surface area contributed by atoms with Crippen LogP contribution in [0.4, 0.5) is 0 Å². The Bertz CT molecular complexity index is 427. The summed E-state index contributed by atoms with van der Waals surface area (Å²) < 4.78 is 0. The van der Waals surface area contributed by atoms with E-state index in [1.54, 1.807) is 6.20 Å². The van der Waals surface area contributed by atoms with Crippen LogP contribution in [0.1, 0.15) is 51.8 Å². The number of hydrogen-bond donors (Lipinski definition) is 1. The maximum Gasteiger partial charge on any atom is 0.123 e. The van der Waals surface area contributed by atoms with Gasteiger partial charge < -0.3 is 5.73 Å². The van der Waals surface area contributed by atoms with Gasteiger partial charge >= 0.3 is 0 Å². The first kappa shape index (κ1) is 17.1. The summed E-state index contributed by atoms with van der Waals surface area (Å²) in [4.78, 5) is 7.24. The molecule has 0 aliphatic heterocycles. The molecule has 1 rings (SSSR count). The van der Waals surface area contributed by atoms with E-state index in [4.69, 9.17) is 18.0 Å². The number of hydrogen-bond acceptors (Lipinski definition) is 3. The molecule has 1 heterocycles. The predicted octanol–water partition coefficient (Wildman–Crippen LogP) is 3.36. The second kappa shape index (κ2) is 8.32. The first-order chi connectivity index (χ1) is 9.49. The van der Waals surface area contributed by atoms with Crippen LogP contribution in [0.25, 0.3) is 0 Å². The molecule has 2 N–H and O–H groups in total. The Hall–Kier alpha value is -1.00. The maximum absolute atomic E-state index is 5.78. The lowest BCUT2D eigenvalue weighted by atomic mass is 10.1. The lowest BCUT2D eigenvalue weighted by Crippen LogP contribution is -2.37. The van der Waals surface area contributed by atoms with Crippen LogP contribution < -0.4 is 5.73 Å². The van der Waals surface area contributed by atoms with Crippen molar-refractivity contribution in [1.29, 1.82) is 0 Å². The molecule has 0 unspecified atom stereocenters. The fourth-order valence-corrected chi connectivity index (χ4v) is 2.81. The molecule has 3 nitrogen and oxygen atoms in total. The fourth-order valence-electron chi connectivity index (χ4n) is 2.62. The zero-order valence-electron chi connectivity index (χ0n) is 13.1. The van der Waals surface area contributed by atoms with Crippen molar-refractivity contribution in [2.45, 2.75) is 53.1 Å². The first-order valence-corrected chi connectivity index (χ1v) is 7.88. The minimum absolute atomic E-state index is 0.384. The van der Waals surface area contributed by atoms with Crippen molar-refractivity contribution in [3.8, 4) is 0 Å². The Labute approximate surface area is 128 Å². The van der Waals surface area contributed by atoms with Crippen molar-refractivity contribution in [3.63, 3.8) is 0 Å². The third kappa shape index (κ3) is 4.84. The average molecular weight is 293 g/mol. The third-order valence-corrected chi connectivity index (χ3v) is 3.75. The molecule has 20 heavy (non-hydrogen) atoms. The summed E-state index contributed by atoms with van der Waals surface area (Å²) in [5, 5.41) is 0. The summed E-state index contributed by atoms with van der Waals surface area (Å²) in [5.41, 5.74) is 7.68. The number of aromatic nitrogens is 1. The molecule has 0 aliphatic carbocycles. The average Bonchev–Trinajstić information content (AvgIpc) is 2.39. The van der Waals surface area contributed by atoms with Crippen LogP contribution in [-0.2, 0) is 6.54 Å². The molecule has 0 radical (unpaired) electrons. The highest BCUT2D eigenvalue weighted by Crippen LogP contribution is 2.17. The van der Waals surface area contributed by atoms with E-state index in [9.17, 15) is 0 Å². The predicted molar refractivity (Wildman–Crippen MR) is 89.7 cm³/mol. The van der Waals surface area contributed by atoms with E-state index in [1.807, 2.05) is 6.07 Å². The number of nitrogens with zero attached hydrogens (tertiary/aromatic N) is 2. The second-order valence-corrected chi connectivity index (χ2v) is 6.11. The first-order valence-electron chi connectivity index (χ1n) is 7.47. The van der Waals surface area contributed by atoms with Crippen LogP contribution in [0, 0.1) is 5.92 Å². The van der Waals surface area contributed by atoms with Gasteiger partial charge in [-0.3, -0.25) is 9.88 Å². The lowest BCUT2D eigenvalue weighted by Gasteiger charge is -2.32. The van der Waals surface area contributed by atoms with Crippen LogP contribution >= 0.6 is 12.2 Å². The Balaban J connectivity index is 2.97. The van der Waals surface area contributed by atoms with Gasteiger partial charge in [-0.15, -0.1) is 0 Å². The van der Waals surface area contributed by atoms with Gasteiger partial charge in [0.2, 0.25) is 0 Å². The topological polar surface area (TPSA) is 42.2 Å². The third-order valence-electron chi connectivity index (χ3n) is 3.56. The normalized spacial score (nSPS) is 11.6. The number of thiocarbonyl (C=S) groups is 1. The number of pyridine rings is 1. The van der Waals surface area contributed by atoms with Crippen LogP contribution in [0.15, 0.2) is 18.3 Å². The SMILES string of the molecule is CCC(CC)N(Cc1cccnc1C(N)=S)CC(C)C. The molecule has 1 aromatic rings. The van der Waals surface area contributed by atoms with Gasteiger partial charge in [0, 0.05) is 25.3 Å². The molecule has 112 valence electrons. The molecule has 1 aromatic heterocycles. The van der Waals surface area contributed by atoms with E-state index in [-0.39, 0.29) is 0 Å². The molecule has 0 amide bonds. The van der Waals surface area contributed by atoms with Crippen molar-refractivity contribution < 1.29 is 0 Å². The van der Waals surface area contributed by atoms with Gasteiger partial charge in [-0.1, -0.05) is 46.0 Å². The fraction of sp³-hybridized carbons (Fsp3) is 0.625. The van der Waals surface area contributed by atoms with Crippen molar-refractivity contribution in [1.82, 2.24) is 9.88 Å². The molecule has 0 aliphatic rings. The number of nitrogens with two attached hydrogens (primary N) is 1. The van der Waals surface area contributed by atoms with Crippen molar-refractivity contribution in [2.75, 3.05) is 6.54 Å². The Morgan fingerprint density at radius 3 is 2.50 bits per heavy atom.